The second kappa shape index (κ2) is 6.67. The number of aryl methyl sites for hydroxylation is 1. The average Bonchev–Trinajstić information content (AvgIpc) is 2.93. The highest BCUT2D eigenvalue weighted by Crippen LogP contribution is 2.25. The first-order valence-corrected chi connectivity index (χ1v) is 8.66. The highest BCUT2D eigenvalue weighted by Gasteiger charge is 2.31. The largest absolute Gasteiger partial charge is 0.369 e. The zero-order valence-electron chi connectivity index (χ0n) is 14.4. The van der Waals surface area contributed by atoms with Crippen LogP contribution < -0.4 is 5.73 Å². The van der Waals surface area contributed by atoms with Gasteiger partial charge in [-0.1, -0.05) is 18.2 Å². The molecule has 1 aliphatic heterocycles. The van der Waals surface area contributed by atoms with E-state index in [1.807, 2.05) is 24.0 Å². The molecule has 24 heavy (non-hydrogen) atoms. The van der Waals surface area contributed by atoms with Crippen LogP contribution in [0.2, 0.25) is 0 Å². The van der Waals surface area contributed by atoms with Crippen LogP contribution >= 0.6 is 0 Å². The molecule has 1 saturated heterocycles. The topological polar surface area (TPSA) is 68.3 Å². The van der Waals surface area contributed by atoms with Crippen LogP contribution in [0.1, 0.15) is 32.3 Å². The summed E-state index contributed by atoms with van der Waals surface area (Å²) in [5.41, 5.74) is 7.65. The monoisotopic (exact) mass is 327 g/mol. The van der Waals surface area contributed by atoms with Gasteiger partial charge < -0.3 is 15.2 Å². The fourth-order valence-electron chi connectivity index (χ4n) is 3.68. The average molecular weight is 327 g/mol. The van der Waals surface area contributed by atoms with Gasteiger partial charge in [-0.15, -0.1) is 0 Å². The number of para-hydroxylation sites is 1. The van der Waals surface area contributed by atoms with Crippen molar-refractivity contribution >= 4 is 22.7 Å². The van der Waals surface area contributed by atoms with E-state index in [0.29, 0.717) is 13.0 Å². The van der Waals surface area contributed by atoms with Crippen molar-refractivity contribution in [2.24, 2.45) is 11.7 Å². The van der Waals surface area contributed by atoms with E-state index < -0.39 is 0 Å². The number of aromatic nitrogens is 1. The Balaban J connectivity index is 1.83. The minimum absolute atomic E-state index is 0.0763. The number of nitrogens with two attached hydrogens (primary N) is 1. The van der Waals surface area contributed by atoms with Crippen LogP contribution in [-0.4, -0.2) is 33.9 Å². The molecule has 5 nitrogen and oxygen atoms in total. The van der Waals surface area contributed by atoms with E-state index >= 15 is 0 Å². The number of rotatable bonds is 4. The summed E-state index contributed by atoms with van der Waals surface area (Å²) in [6.45, 7) is 5.47. The van der Waals surface area contributed by atoms with Crippen LogP contribution in [-0.2, 0) is 22.6 Å². The number of hydrogen-bond acceptors (Lipinski definition) is 2. The number of primary amides is 1. The Morgan fingerprint density at radius 1 is 1.25 bits per heavy atom. The maximum absolute atomic E-state index is 12.9. The molecule has 1 aromatic heterocycles. The fourth-order valence-corrected chi connectivity index (χ4v) is 3.68. The number of fused-ring (bicyclic) bond motifs is 1. The van der Waals surface area contributed by atoms with Gasteiger partial charge in [-0.2, -0.15) is 0 Å². The van der Waals surface area contributed by atoms with Gasteiger partial charge >= 0.3 is 0 Å². The van der Waals surface area contributed by atoms with Gasteiger partial charge in [-0.05, 0) is 38.3 Å². The first kappa shape index (κ1) is 16.6. The number of hydrogen-bond donors (Lipinski definition) is 1. The number of nitrogens with zero attached hydrogens (tertiary/aromatic N) is 2. The molecule has 0 aliphatic carbocycles. The summed E-state index contributed by atoms with van der Waals surface area (Å²) in [5.74, 6) is -0.447. The fraction of sp³-hybridized carbons (Fsp3) is 0.474. The van der Waals surface area contributed by atoms with Crippen molar-refractivity contribution in [3.05, 3.63) is 36.0 Å². The molecule has 1 aromatic carbocycles. The van der Waals surface area contributed by atoms with E-state index in [4.69, 9.17) is 5.73 Å². The number of amides is 2. The Labute approximate surface area is 142 Å². The van der Waals surface area contributed by atoms with Gasteiger partial charge in [-0.3, -0.25) is 9.59 Å². The SMILES string of the molecule is CCn1cc(CC(=O)N2CC(C(N)=O)CCC2C)c2ccccc21. The van der Waals surface area contributed by atoms with Crippen molar-refractivity contribution in [3.8, 4) is 0 Å². The maximum atomic E-state index is 12.9. The molecule has 5 heteroatoms. The smallest absolute Gasteiger partial charge is 0.227 e. The van der Waals surface area contributed by atoms with Crippen molar-refractivity contribution in [2.45, 2.75) is 45.7 Å². The van der Waals surface area contributed by atoms with Gasteiger partial charge in [0.2, 0.25) is 11.8 Å². The van der Waals surface area contributed by atoms with Crippen molar-refractivity contribution in [2.75, 3.05) is 6.54 Å². The molecule has 0 radical (unpaired) electrons. The van der Waals surface area contributed by atoms with Gasteiger partial charge in [0.25, 0.3) is 0 Å². The summed E-state index contributed by atoms with van der Waals surface area (Å²) in [7, 11) is 0. The third kappa shape index (κ3) is 3.03. The van der Waals surface area contributed by atoms with Crippen LogP contribution in [0, 0.1) is 5.92 Å². The van der Waals surface area contributed by atoms with Crippen LogP contribution in [0.4, 0.5) is 0 Å². The zero-order valence-corrected chi connectivity index (χ0v) is 14.4. The number of benzene rings is 1. The second-order valence-electron chi connectivity index (χ2n) is 6.71. The van der Waals surface area contributed by atoms with E-state index in [2.05, 4.69) is 29.8 Å². The number of carbonyl (C=O) groups excluding carboxylic acids is 2. The first-order chi connectivity index (χ1) is 11.5. The summed E-state index contributed by atoms with van der Waals surface area (Å²) >= 11 is 0. The van der Waals surface area contributed by atoms with Crippen LogP contribution in [0.15, 0.2) is 30.5 Å². The minimum Gasteiger partial charge on any atom is -0.369 e. The molecule has 0 spiro atoms. The Hall–Kier alpha value is -2.30. The molecule has 2 amide bonds. The highest BCUT2D eigenvalue weighted by atomic mass is 16.2. The van der Waals surface area contributed by atoms with Crippen molar-refractivity contribution in [3.63, 3.8) is 0 Å². The predicted molar refractivity (Wildman–Crippen MR) is 94.4 cm³/mol. The molecule has 3 rings (SSSR count). The molecule has 2 unspecified atom stereocenters. The molecule has 0 bridgehead atoms. The number of carbonyl (C=O) groups is 2. The van der Waals surface area contributed by atoms with E-state index in [0.717, 1.165) is 35.9 Å². The summed E-state index contributed by atoms with van der Waals surface area (Å²) < 4.78 is 2.17. The zero-order chi connectivity index (χ0) is 17.3. The first-order valence-electron chi connectivity index (χ1n) is 8.66. The molecule has 2 heterocycles. The molecule has 2 aromatic rings. The van der Waals surface area contributed by atoms with Crippen LogP contribution in [0.25, 0.3) is 10.9 Å². The lowest BCUT2D eigenvalue weighted by atomic mass is 9.92. The minimum atomic E-state index is -0.303. The summed E-state index contributed by atoms with van der Waals surface area (Å²) in [5, 5.41) is 1.13. The Kier molecular flexibility index (Phi) is 4.60. The second-order valence-corrected chi connectivity index (χ2v) is 6.71. The number of likely N-dealkylation sites (tertiary alicyclic amines) is 1. The van der Waals surface area contributed by atoms with Crippen molar-refractivity contribution in [1.82, 2.24) is 9.47 Å². The Bertz CT molecular complexity index is 765. The van der Waals surface area contributed by atoms with Crippen molar-refractivity contribution < 1.29 is 9.59 Å². The third-order valence-corrected chi connectivity index (χ3v) is 5.16. The molecule has 2 atom stereocenters. The van der Waals surface area contributed by atoms with Gasteiger partial charge in [-0.25, -0.2) is 0 Å². The molecular weight excluding hydrogens is 302 g/mol. The van der Waals surface area contributed by atoms with Gasteiger partial charge in [0, 0.05) is 36.2 Å². The lowest BCUT2D eigenvalue weighted by molar-refractivity contribution is -0.136. The van der Waals surface area contributed by atoms with Gasteiger partial charge in [0.1, 0.15) is 0 Å². The standard InChI is InChI=1S/C19H25N3O2/c1-3-21-11-15(16-6-4-5-7-17(16)21)10-18(23)22-12-14(19(20)24)9-8-13(22)2/h4-7,11,13-14H,3,8-10,12H2,1-2H3,(H2,20,24). The maximum Gasteiger partial charge on any atom is 0.227 e. The lowest BCUT2D eigenvalue weighted by Crippen LogP contribution is -2.49. The quantitative estimate of drug-likeness (QED) is 0.936. The Morgan fingerprint density at radius 2 is 2.00 bits per heavy atom. The molecule has 1 fully saturated rings. The molecule has 0 saturated carbocycles. The van der Waals surface area contributed by atoms with E-state index in [9.17, 15) is 9.59 Å². The Morgan fingerprint density at radius 3 is 2.71 bits per heavy atom. The normalized spacial score (nSPS) is 21.2. The number of piperidine rings is 1. The lowest BCUT2D eigenvalue weighted by Gasteiger charge is -2.37. The highest BCUT2D eigenvalue weighted by molar-refractivity contribution is 5.90. The predicted octanol–water partition coefficient (Wildman–Crippen LogP) is 2.32. The molecule has 2 N–H and O–H groups in total. The van der Waals surface area contributed by atoms with Crippen molar-refractivity contribution in [1.29, 1.82) is 0 Å². The summed E-state index contributed by atoms with van der Waals surface area (Å²) in [6.07, 6.45) is 4.04. The van der Waals surface area contributed by atoms with E-state index in [1.54, 1.807) is 0 Å². The van der Waals surface area contributed by atoms with Gasteiger partial charge in [0.05, 0.1) is 12.3 Å². The van der Waals surface area contributed by atoms with E-state index in [1.165, 1.54) is 0 Å². The summed E-state index contributed by atoms with van der Waals surface area (Å²) in [4.78, 5) is 26.2. The molecular formula is C19H25N3O2. The molecule has 128 valence electrons. The van der Waals surface area contributed by atoms with E-state index in [-0.39, 0.29) is 23.8 Å². The third-order valence-electron chi connectivity index (χ3n) is 5.16. The molecule has 1 aliphatic rings. The van der Waals surface area contributed by atoms with Crippen LogP contribution in [0.5, 0.6) is 0 Å². The summed E-state index contributed by atoms with van der Waals surface area (Å²) in [6, 6.07) is 8.33. The van der Waals surface area contributed by atoms with Gasteiger partial charge in [0.15, 0.2) is 0 Å². The van der Waals surface area contributed by atoms with Crippen LogP contribution in [0.3, 0.4) is 0 Å².